The lowest BCUT2D eigenvalue weighted by atomic mass is 9.95. The van der Waals surface area contributed by atoms with Crippen molar-refractivity contribution in [3.8, 4) is 17.3 Å². The van der Waals surface area contributed by atoms with Gasteiger partial charge in [0.15, 0.2) is 6.19 Å². The lowest BCUT2D eigenvalue weighted by Crippen LogP contribution is -2.11. The van der Waals surface area contributed by atoms with E-state index < -0.39 is 0 Å². The van der Waals surface area contributed by atoms with Gasteiger partial charge in [-0.05, 0) is 29.5 Å². The summed E-state index contributed by atoms with van der Waals surface area (Å²) in [5.41, 5.74) is 4.60. The van der Waals surface area contributed by atoms with Crippen LogP contribution in [-0.4, -0.2) is 17.0 Å². The van der Waals surface area contributed by atoms with Crippen LogP contribution in [0.25, 0.3) is 11.1 Å². The molecule has 0 aliphatic carbocycles. The van der Waals surface area contributed by atoms with Gasteiger partial charge in [0, 0.05) is 25.0 Å². The van der Waals surface area contributed by atoms with Crippen molar-refractivity contribution >= 4 is 5.95 Å². The number of nitrogens with zero attached hydrogens (tertiary/aromatic N) is 4. The Morgan fingerprint density at radius 3 is 2.40 bits per heavy atom. The minimum absolute atomic E-state index is 0.411. The Kier molecular flexibility index (Phi) is 3.99. The van der Waals surface area contributed by atoms with E-state index >= 15 is 0 Å². The van der Waals surface area contributed by atoms with Gasteiger partial charge in [0.25, 0.3) is 0 Å². The zero-order chi connectivity index (χ0) is 14.7. The van der Waals surface area contributed by atoms with Crippen molar-refractivity contribution in [2.75, 3.05) is 11.9 Å². The Labute approximate surface area is 119 Å². The minimum Gasteiger partial charge on any atom is -0.250 e. The highest BCUT2D eigenvalue weighted by Gasteiger charge is 2.08. The van der Waals surface area contributed by atoms with Crippen LogP contribution in [0, 0.1) is 18.4 Å². The number of benzene rings is 1. The molecule has 0 amide bonds. The van der Waals surface area contributed by atoms with Crippen LogP contribution in [0.15, 0.2) is 30.6 Å². The van der Waals surface area contributed by atoms with Gasteiger partial charge in [-0.2, -0.15) is 5.26 Å². The second kappa shape index (κ2) is 5.70. The predicted molar refractivity (Wildman–Crippen MR) is 80.3 cm³/mol. The zero-order valence-electron chi connectivity index (χ0n) is 12.3. The number of aryl methyl sites for hydroxylation is 1. The summed E-state index contributed by atoms with van der Waals surface area (Å²) < 4.78 is 0. The van der Waals surface area contributed by atoms with Gasteiger partial charge < -0.3 is 0 Å². The molecule has 0 aliphatic rings. The van der Waals surface area contributed by atoms with E-state index in [1.165, 1.54) is 16.0 Å². The van der Waals surface area contributed by atoms with Crippen LogP contribution >= 0.6 is 0 Å². The van der Waals surface area contributed by atoms with Gasteiger partial charge in [0.2, 0.25) is 5.95 Å². The summed E-state index contributed by atoms with van der Waals surface area (Å²) in [6.07, 6.45) is 5.52. The Balaban J connectivity index is 2.41. The van der Waals surface area contributed by atoms with Gasteiger partial charge in [-0.1, -0.05) is 32.0 Å². The number of nitriles is 1. The van der Waals surface area contributed by atoms with E-state index in [9.17, 15) is 0 Å². The molecule has 1 aromatic carbocycles. The summed E-state index contributed by atoms with van der Waals surface area (Å²) in [5.74, 6) is 0.896. The van der Waals surface area contributed by atoms with E-state index in [4.69, 9.17) is 5.26 Å². The minimum atomic E-state index is 0.411. The first-order valence-electron chi connectivity index (χ1n) is 6.59. The standard InChI is InChI=1S/C16H18N4/c1-11(2)13-6-5-12(3)15(7-13)14-8-18-16(19-9-14)20(4)10-17/h5-9,11H,1-4H3. The summed E-state index contributed by atoms with van der Waals surface area (Å²) in [6, 6.07) is 6.47. The molecular formula is C16H18N4. The Morgan fingerprint density at radius 1 is 1.20 bits per heavy atom. The van der Waals surface area contributed by atoms with E-state index in [1.807, 2.05) is 6.19 Å². The quantitative estimate of drug-likeness (QED) is 0.630. The second-order valence-corrected chi connectivity index (χ2v) is 5.16. The fourth-order valence-electron chi connectivity index (χ4n) is 1.99. The van der Waals surface area contributed by atoms with Crippen LogP contribution in [0.3, 0.4) is 0 Å². The summed E-state index contributed by atoms with van der Waals surface area (Å²) in [7, 11) is 1.64. The fraction of sp³-hybridized carbons (Fsp3) is 0.312. The summed E-state index contributed by atoms with van der Waals surface area (Å²) in [5, 5.41) is 8.81. The van der Waals surface area contributed by atoms with E-state index in [2.05, 4.69) is 48.9 Å². The van der Waals surface area contributed by atoms with Crippen LogP contribution in [0.4, 0.5) is 5.95 Å². The lowest BCUT2D eigenvalue weighted by Gasteiger charge is -2.12. The average molecular weight is 266 g/mol. The van der Waals surface area contributed by atoms with Crippen LogP contribution in [0.5, 0.6) is 0 Å². The Hall–Kier alpha value is -2.41. The molecule has 0 spiro atoms. The highest BCUT2D eigenvalue weighted by atomic mass is 15.2. The van der Waals surface area contributed by atoms with Gasteiger partial charge in [0.1, 0.15) is 0 Å². The molecule has 0 aliphatic heterocycles. The number of hydrogen-bond donors (Lipinski definition) is 0. The van der Waals surface area contributed by atoms with Crippen molar-refractivity contribution in [3.63, 3.8) is 0 Å². The molecule has 0 saturated carbocycles. The van der Waals surface area contributed by atoms with E-state index in [0.29, 0.717) is 11.9 Å². The predicted octanol–water partition coefficient (Wildman–Crippen LogP) is 3.49. The highest BCUT2D eigenvalue weighted by molar-refractivity contribution is 5.67. The molecule has 0 saturated heterocycles. The van der Waals surface area contributed by atoms with Crippen LogP contribution < -0.4 is 4.90 Å². The largest absolute Gasteiger partial charge is 0.250 e. The SMILES string of the molecule is Cc1ccc(C(C)C)cc1-c1cnc(N(C)C#N)nc1. The highest BCUT2D eigenvalue weighted by Crippen LogP contribution is 2.27. The fourth-order valence-corrected chi connectivity index (χ4v) is 1.99. The molecule has 0 radical (unpaired) electrons. The van der Waals surface area contributed by atoms with Gasteiger partial charge in [-0.3, -0.25) is 4.90 Å². The molecule has 20 heavy (non-hydrogen) atoms. The normalized spacial score (nSPS) is 10.4. The topological polar surface area (TPSA) is 52.8 Å². The third kappa shape index (κ3) is 2.77. The van der Waals surface area contributed by atoms with Crippen LogP contribution in [0.2, 0.25) is 0 Å². The van der Waals surface area contributed by atoms with E-state index in [1.54, 1.807) is 19.4 Å². The number of rotatable bonds is 3. The molecule has 4 heteroatoms. The van der Waals surface area contributed by atoms with Crippen molar-refractivity contribution in [3.05, 3.63) is 41.7 Å². The van der Waals surface area contributed by atoms with Crippen molar-refractivity contribution in [1.82, 2.24) is 9.97 Å². The average Bonchev–Trinajstić information content (AvgIpc) is 2.47. The molecule has 1 aromatic heterocycles. The van der Waals surface area contributed by atoms with Crippen molar-refractivity contribution in [2.45, 2.75) is 26.7 Å². The molecule has 102 valence electrons. The first-order valence-corrected chi connectivity index (χ1v) is 6.59. The molecular weight excluding hydrogens is 248 g/mol. The maximum atomic E-state index is 8.81. The van der Waals surface area contributed by atoms with Crippen molar-refractivity contribution in [1.29, 1.82) is 5.26 Å². The third-order valence-electron chi connectivity index (χ3n) is 3.33. The molecule has 0 N–H and O–H groups in total. The summed E-state index contributed by atoms with van der Waals surface area (Å²) >= 11 is 0. The van der Waals surface area contributed by atoms with Gasteiger partial charge in [0.05, 0.1) is 0 Å². The molecule has 2 rings (SSSR count). The van der Waals surface area contributed by atoms with Gasteiger partial charge in [-0.25, -0.2) is 9.97 Å². The van der Waals surface area contributed by atoms with E-state index in [-0.39, 0.29) is 0 Å². The molecule has 0 bridgehead atoms. The lowest BCUT2D eigenvalue weighted by molar-refractivity contribution is 0.866. The van der Waals surface area contributed by atoms with Crippen LogP contribution in [-0.2, 0) is 0 Å². The molecule has 0 unspecified atom stereocenters. The number of aromatic nitrogens is 2. The maximum Gasteiger partial charge on any atom is 0.238 e. The van der Waals surface area contributed by atoms with E-state index in [0.717, 1.165) is 11.1 Å². The molecule has 0 fully saturated rings. The number of hydrogen-bond acceptors (Lipinski definition) is 4. The summed E-state index contributed by atoms with van der Waals surface area (Å²) in [4.78, 5) is 9.80. The maximum absolute atomic E-state index is 8.81. The molecule has 2 aromatic rings. The molecule has 0 atom stereocenters. The van der Waals surface area contributed by atoms with Crippen molar-refractivity contribution < 1.29 is 0 Å². The first-order chi connectivity index (χ1) is 9.52. The summed E-state index contributed by atoms with van der Waals surface area (Å²) in [6.45, 7) is 6.43. The molecule has 4 nitrogen and oxygen atoms in total. The Morgan fingerprint density at radius 2 is 1.85 bits per heavy atom. The smallest absolute Gasteiger partial charge is 0.238 e. The first kappa shape index (κ1) is 14.0. The van der Waals surface area contributed by atoms with Crippen LogP contribution in [0.1, 0.15) is 30.9 Å². The van der Waals surface area contributed by atoms with Gasteiger partial charge >= 0.3 is 0 Å². The number of anilines is 1. The zero-order valence-corrected chi connectivity index (χ0v) is 12.3. The Bertz CT molecular complexity index is 639. The van der Waals surface area contributed by atoms with Crippen molar-refractivity contribution in [2.24, 2.45) is 0 Å². The third-order valence-corrected chi connectivity index (χ3v) is 3.33. The monoisotopic (exact) mass is 266 g/mol. The molecule has 1 heterocycles. The second-order valence-electron chi connectivity index (χ2n) is 5.16. The van der Waals surface area contributed by atoms with Gasteiger partial charge in [-0.15, -0.1) is 0 Å².